The number of fused-ring (bicyclic) bond motifs is 14. The van der Waals surface area contributed by atoms with E-state index in [0.717, 1.165) is 56.4 Å². The summed E-state index contributed by atoms with van der Waals surface area (Å²) in [5.41, 5.74) is 24.6. The van der Waals surface area contributed by atoms with Gasteiger partial charge in [-0.15, -0.1) is 0 Å². The van der Waals surface area contributed by atoms with Gasteiger partial charge in [-0.3, -0.25) is 0 Å². The van der Waals surface area contributed by atoms with Crippen LogP contribution in [0.4, 0.5) is 34.1 Å². The number of aryl methyl sites for hydroxylation is 1. The molecule has 4 heterocycles. The molecule has 0 spiro atoms. The maximum absolute atomic E-state index is 7.77. The van der Waals surface area contributed by atoms with E-state index in [0.29, 0.717) is 0 Å². The Hall–Kier alpha value is -6.20. The highest BCUT2D eigenvalue weighted by Gasteiger charge is 2.54. The van der Waals surface area contributed by atoms with Crippen molar-refractivity contribution in [2.45, 2.75) is 150 Å². The van der Waals surface area contributed by atoms with Crippen molar-refractivity contribution in [2.75, 3.05) is 9.80 Å². The van der Waals surface area contributed by atoms with E-state index in [1.54, 1.807) is 0 Å². The summed E-state index contributed by atoms with van der Waals surface area (Å²) in [6.45, 7) is 39.1. The van der Waals surface area contributed by atoms with Crippen LogP contribution >= 0.6 is 0 Å². The molecule has 0 unspecified atom stereocenters. The second-order valence-electron chi connectivity index (χ2n) is 26.4. The van der Waals surface area contributed by atoms with Gasteiger partial charge in [0.05, 0.1) is 11.3 Å². The first-order chi connectivity index (χ1) is 32.7. The molecule has 2 aromatic heterocycles. The van der Waals surface area contributed by atoms with Gasteiger partial charge in [-0.2, -0.15) is 0 Å². The number of benzene rings is 6. The van der Waals surface area contributed by atoms with Gasteiger partial charge in [0.2, 0.25) is 0 Å². The average Bonchev–Trinajstić information content (AvgIpc) is 3.99. The molecule has 70 heavy (non-hydrogen) atoms. The lowest BCUT2D eigenvalue weighted by Crippen LogP contribution is -2.61. The summed E-state index contributed by atoms with van der Waals surface area (Å²) in [7, 11) is 0. The summed E-state index contributed by atoms with van der Waals surface area (Å²) in [5.74, 6) is 2.02. The van der Waals surface area contributed by atoms with E-state index in [1.165, 1.54) is 78.0 Å². The molecular weight excluding hydrogens is 852 g/mol. The topological polar surface area (TPSA) is 32.8 Å². The van der Waals surface area contributed by atoms with E-state index in [9.17, 15) is 0 Å². The van der Waals surface area contributed by atoms with Crippen molar-refractivity contribution in [1.29, 1.82) is 0 Å². The van der Waals surface area contributed by atoms with Crippen LogP contribution in [0.3, 0.4) is 0 Å². The Morgan fingerprint density at radius 1 is 0.471 bits per heavy atom. The minimum absolute atomic E-state index is 0.000254. The Morgan fingerprint density at radius 2 is 1.00 bits per heavy atom. The molecule has 2 aliphatic heterocycles. The Labute approximate surface area is 417 Å². The lowest BCUT2D eigenvalue weighted by molar-refractivity contribution is 0.465. The van der Waals surface area contributed by atoms with Crippen LogP contribution in [0.2, 0.25) is 0 Å². The molecule has 2 aliphatic carbocycles. The third-order valence-corrected chi connectivity index (χ3v) is 16.7. The molecule has 4 aliphatic rings. The predicted molar refractivity (Wildman–Crippen MR) is 297 cm³/mol. The fourth-order valence-corrected chi connectivity index (χ4v) is 12.6. The number of rotatable bonds is 2. The molecule has 0 N–H and O–H groups in total. The third kappa shape index (κ3) is 6.15. The predicted octanol–water partition coefficient (Wildman–Crippen LogP) is 16.2. The Kier molecular flexibility index (Phi) is 9.01. The lowest BCUT2D eigenvalue weighted by Gasteiger charge is -2.43. The highest BCUT2D eigenvalue weighted by atomic mass is 16.3. The molecule has 0 bridgehead atoms. The Balaban J connectivity index is 1.20. The van der Waals surface area contributed by atoms with Crippen LogP contribution in [-0.4, -0.2) is 6.71 Å². The van der Waals surface area contributed by atoms with Crippen LogP contribution in [0, 0.1) is 6.92 Å². The van der Waals surface area contributed by atoms with Crippen LogP contribution in [0.1, 0.15) is 161 Å². The molecule has 0 atom stereocenters. The van der Waals surface area contributed by atoms with Gasteiger partial charge in [0.25, 0.3) is 0 Å². The minimum atomic E-state index is -0.356. The van der Waals surface area contributed by atoms with E-state index >= 15 is 0 Å². The van der Waals surface area contributed by atoms with Crippen LogP contribution in [-0.2, 0) is 32.5 Å². The molecule has 0 saturated carbocycles. The largest absolute Gasteiger partial charge is 0.468 e. The second kappa shape index (κ2) is 14.0. The number of nitrogens with zero attached hydrogens (tertiary/aromatic N) is 2. The molecular formula is C65H69BN2O2. The van der Waals surface area contributed by atoms with Crippen molar-refractivity contribution in [1.82, 2.24) is 0 Å². The molecule has 6 aromatic carbocycles. The number of hydrogen-bond donors (Lipinski definition) is 0. The monoisotopic (exact) mass is 921 g/mol. The lowest BCUT2D eigenvalue weighted by atomic mass is 9.35. The maximum Gasteiger partial charge on any atom is 0.301 e. The molecule has 4 nitrogen and oxygen atoms in total. The van der Waals surface area contributed by atoms with E-state index in [1.807, 2.05) is 0 Å². The molecule has 354 valence electrons. The highest BCUT2D eigenvalue weighted by molar-refractivity contribution is 7.01. The van der Waals surface area contributed by atoms with Crippen molar-refractivity contribution in [3.05, 3.63) is 159 Å². The van der Waals surface area contributed by atoms with Gasteiger partial charge in [0.1, 0.15) is 17.1 Å². The molecule has 0 fully saturated rings. The van der Waals surface area contributed by atoms with Gasteiger partial charge in [-0.25, -0.2) is 0 Å². The Bertz CT molecular complexity index is 3530. The Morgan fingerprint density at radius 3 is 1.59 bits per heavy atom. The SMILES string of the molecule is Cc1cc2c3c(c1)N(c1ccc(C(C)(C)C)cc1)c1c(oc4c1C(C)(C)c1cc(C(C)(C)C)ccc1-4)B3c1c(ccc3c4c(oc13)C(C)(C)c1ccc(C(C)(C)C)cc1-4)N2c1ccc(C(C)(C)C)cc1. The van der Waals surface area contributed by atoms with Gasteiger partial charge >= 0.3 is 6.71 Å². The van der Waals surface area contributed by atoms with Crippen molar-refractivity contribution in [3.8, 4) is 22.5 Å². The summed E-state index contributed by atoms with van der Waals surface area (Å²) in [6.07, 6.45) is 0. The van der Waals surface area contributed by atoms with E-state index < -0.39 is 0 Å². The van der Waals surface area contributed by atoms with Crippen LogP contribution in [0.25, 0.3) is 33.4 Å². The summed E-state index contributed by atoms with van der Waals surface area (Å²) in [6, 6.07) is 42.4. The van der Waals surface area contributed by atoms with E-state index in [2.05, 4.69) is 237 Å². The van der Waals surface area contributed by atoms with Gasteiger partial charge in [0, 0.05) is 66.8 Å². The molecule has 0 saturated heterocycles. The van der Waals surface area contributed by atoms with Gasteiger partial charge in [-0.1, -0.05) is 158 Å². The van der Waals surface area contributed by atoms with Gasteiger partial charge in [-0.05, 0) is 141 Å². The van der Waals surface area contributed by atoms with E-state index in [-0.39, 0.29) is 39.2 Å². The summed E-state index contributed by atoms with van der Waals surface area (Å²) < 4.78 is 15.4. The molecule has 0 radical (unpaired) electrons. The molecule has 5 heteroatoms. The smallest absolute Gasteiger partial charge is 0.301 e. The first-order valence-electron chi connectivity index (χ1n) is 25.7. The third-order valence-electron chi connectivity index (χ3n) is 16.7. The van der Waals surface area contributed by atoms with Crippen LogP contribution < -0.4 is 26.4 Å². The van der Waals surface area contributed by atoms with Crippen molar-refractivity contribution in [3.63, 3.8) is 0 Å². The van der Waals surface area contributed by atoms with Crippen molar-refractivity contribution >= 4 is 68.4 Å². The quantitative estimate of drug-likeness (QED) is 0.162. The molecule has 0 amide bonds. The number of furan rings is 2. The fraction of sp³-hybridized carbons (Fsp3) is 0.354. The van der Waals surface area contributed by atoms with Crippen molar-refractivity contribution < 1.29 is 8.83 Å². The van der Waals surface area contributed by atoms with Crippen molar-refractivity contribution in [2.24, 2.45) is 0 Å². The highest BCUT2D eigenvalue weighted by Crippen LogP contribution is 2.59. The summed E-state index contributed by atoms with van der Waals surface area (Å²) in [5, 5.41) is 1.16. The first kappa shape index (κ1) is 45.0. The van der Waals surface area contributed by atoms with Crippen LogP contribution in [0.15, 0.2) is 118 Å². The minimum Gasteiger partial charge on any atom is -0.468 e. The summed E-state index contributed by atoms with van der Waals surface area (Å²) >= 11 is 0. The zero-order chi connectivity index (χ0) is 49.7. The second-order valence-corrected chi connectivity index (χ2v) is 26.4. The first-order valence-corrected chi connectivity index (χ1v) is 25.7. The number of anilines is 6. The fourth-order valence-electron chi connectivity index (χ4n) is 12.6. The average molecular weight is 921 g/mol. The maximum atomic E-state index is 7.77. The molecule has 12 rings (SSSR count). The van der Waals surface area contributed by atoms with Gasteiger partial charge < -0.3 is 18.6 Å². The summed E-state index contributed by atoms with van der Waals surface area (Å²) in [4.78, 5) is 5.08. The standard InChI is InChI=1S/C65H69BN2O2/c1-36-32-49-53-50(33-36)68(42-26-20-38(21-27-42)61(5,6)7)55-52-56(43-28-22-40(63(11,12)13)35-47(43)64(52,14)15)70-59(55)66(53)54-48(67(49)41-24-18-37(19-25-41)60(2,3)4)31-29-44-51-45-34-39(62(8,9)10)23-30-46(45)65(16,17)58(51)69-57(44)54/h18-35H,1-17H3. The zero-order valence-electron chi connectivity index (χ0n) is 44.7. The normalized spacial score (nSPS) is 16.2. The van der Waals surface area contributed by atoms with E-state index in [4.69, 9.17) is 8.83 Å². The number of hydrogen-bond acceptors (Lipinski definition) is 4. The molecule has 8 aromatic rings. The zero-order valence-corrected chi connectivity index (χ0v) is 44.7. The van der Waals surface area contributed by atoms with Crippen LogP contribution in [0.5, 0.6) is 0 Å². The van der Waals surface area contributed by atoms with Gasteiger partial charge in [0.15, 0.2) is 0 Å².